The monoisotopic (exact) mass is 207 g/mol. The van der Waals surface area contributed by atoms with E-state index in [-0.39, 0.29) is 16.8 Å². The lowest BCUT2D eigenvalue weighted by Crippen LogP contribution is -2.23. The van der Waals surface area contributed by atoms with Gasteiger partial charge in [0.05, 0.1) is 16.7 Å². The average Bonchev–Trinajstić information content (AvgIpc) is 2.18. The highest BCUT2D eigenvalue weighted by atomic mass is 16.6. The van der Waals surface area contributed by atoms with Gasteiger partial charge >= 0.3 is 0 Å². The van der Waals surface area contributed by atoms with Crippen LogP contribution in [0.4, 0.5) is 5.69 Å². The van der Waals surface area contributed by atoms with Crippen molar-refractivity contribution in [1.29, 1.82) is 5.26 Å². The van der Waals surface area contributed by atoms with E-state index in [9.17, 15) is 14.9 Å². The normalized spacial score (nSPS) is 9.67. The minimum atomic E-state index is -0.595. The van der Waals surface area contributed by atoms with Crippen molar-refractivity contribution in [3.8, 4) is 6.07 Å². The number of hydrogen-bond acceptors (Lipinski definition) is 4. The SMILES string of the molecule is CCn1cc([N+](=O)[O-])c(C)c(C#N)c1=O. The molecule has 1 aromatic heterocycles. The highest BCUT2D eigenvalue weighted by Gasteiger charge is 2.18. The molecule has 6 nitrogen and oxygen atoms in total. The average molecular weight is 207 g/mol. The zero-order valence-electron chi connectivity index (χ0n) is 8.35. The number of aromatic nitrogens is 1. The minimum absolute atomic E-state index is 0.122. The molecule has 0 aliphatic rings. The third-order valence-corrected chi connectivity index (χ3v) is 2.16. The van der Waals surface area contributed by atoms with Crippen molar-refractivity contribution in [2.75, 3.05) is 0 Å². The molecule has 0 fully saturated rings. The minimum Gasteiger partial charge on any atom is -0.308 e. The van der Waals surface area contributed by atoms with Gasteiger partial charge in [0.1, 0.15) is 11.6 Å². The van der Waals surface area contributed by atoms with E-state index in [1.807, 2.05) is 0 Å². The number of nitro groups is 1. The van der Waals surface area contributed by atoms with Gasteiger partial charge in [-0.15, -0.1) is 0 Å². The van der Waals surface area contributed by atoms with Gasteiger partial charge in [0.2, 0.25) is 0 Å². The molecule has 0 aliphatic carbocycles. The van der Waals surface area contributed by atoms with Gasteiger partial charge in [-0.3, -0.25) is 14.9 Å². The molecule has 1 rings (SSSR count). The number of hydrogen-bond donors (Lipinski definition) is 0. The fraction of sp³-hybridized carbons (Fsp3) is 0.333. The molecule has 1 heterocycles. The number of rotatable bonds is 2. The van der Waals surface area contributed by atoms with Crippen LogP contribution in [0.5, 0.6) is 0 Å². The molecule has 15 heavy (non-hydrogen) atoms. The number of aryl methyl sites for hydroxylation is 1. The van der Waals surface area contributed by atoms with Crippen LogP contribution in [0.3, 0.4) is 0 Å². The molecule has 6 heteroatoms. The van der Waals surface area contributed by atoms with Gasteiger partial charge in [-0.25, -0.2) is 0 Å². The van der Waals surface area contributed by atoms with E-state index < -0.39 is 10.5 Å². The van der Waals surface area contributed by atoms with Crippen LogP contribution in [0.1, 0.15) is 18.1 Å². The predicted octanol–water partition coefficient (Wildman–Crippen LogP) is 0.956. The van der Waals surface area contributed by atoms with Crippen LogP contribution in [-0.2, 0) is 6.54 Å². The lowest BCUT2D eigenvalue weighted by molar-refractivity contribution is -0.386. The molecule has 0 aliphatic heterocycles. The Morgan fingerprint density at radius 3 is 2.67 bits per heavy atom. The molecule has 0 bridgehead atoms. The van der Waals surface area contributed by atoms with E-state index in [0.29, 0.717) is 6.54 Å². The van der Waals surface area contributed by atoms with E-state index >= 15 is 0 Å². The van der Waals surface area contributed by atoms with Crippen LogP contribution in [-0.4, -0.2) is 9.49 Å². The van der Waals surface area contributed by atoms with Crippen LogP contribution in [0.25, 0.3) is 0 Å². The fourth-order valence-electron chi connectivity index (χ4n) is 1.29. The Morgan fingerprint density at radius 2 is 2.27 bits per heavy atom. The maximum Gasteiger partial charge on any atom is 0.289 e. The molecular weight excluding hydrogens is 198 g/mol. The Labute approximate surface area is 85.5 Å². The molecule has 1 aromatic rings. The van der Waals surface area contributed by atoms with Gasteiger partial charge in [0, 0.05) is 6.54 Å². The second kappa shape index (κ2) is 3.92. The van der Waals surface area contributed by atoms with E-state index in [1.54, 1.807) is 13.0 Å². The number of nitrogens with zero attached hydrogens (tertiary/aromatic N) is 3. The quantitative estimate of drug-likeness (QED) is 0.533. The first-order chi connectivity index (χ1) is 7.02. The van der Waals surface area contributed by atoms with Crippen molar-refractivity contribution >= 4 is 5.69 Å². The largest absolute Gasteiger partial charge is 0.308 e. The third kappa shape index (κ3) is 1.72. The molecule has 0 spiro atoms. The fourth-order valence-corrected chi connectivity index (χ4v) is 1.29. The molecule has 0 amide bonds. The maximum absolute atomic E-state index is 11.5. The van der Waals surface area contributed by atoms with Gasteiger partial charge in [0.25, 0.3) is 11.2 Å². The van der Waals surface area contributed by atoms with Crippen molar-refractivity contribution < 1.29 is 4.92 Å². The maximum atomic E-state index is 11.5. The van der Waals surface area contributed by atoms with Crippen molar-refractivity contribution in [1.82, 2.24) is 4.57 Å². The molecule has 78 valence electrons. The zero-order chi connectivity index (χ0) is 11.6. The smallest absolute Gasteiger partial charge is 0.289 e. The Morgan fingerprint density at radius 1 is 1.67 bits per heavy atom. The van der Waals surface area contributed by atoms with Crippen LogP contribution in [0, 0.1) is 28.4 Å². The van der Waals surface area contributed by atoms with Gasteiger partial charge in [0.15, 0.2) is 0 Å². The van der Waals surface area contributed by atoms with E-state index in [2.05, 4.69) is 0 Å². The molecule has 0 radical (unpaired) electrons. The molecule has 0 unspecified atom stereocenters. The van der Waals surface area contributed by atoms with Crippen molar-refractivity contribution in [3.05, 3.63) is 37.8 Å². The first-order valence-electron chi connectivity index (χ1n) is 4.31. The van der Waals surface area contributed by atoms with Crippen molar-refractivity contribution in [2.45, 2.75) is 20.4 Å². The van der Waals surface area contributed by atoms with Crippen LogP contribution < -0.4 is 5.56 Å². The lowest BCUT2D eigenvalue weighted by Gasteiger charge is -2.04. The van der Waals surface area contributed by atoms with Gasteiger partial charge in [-0.1, -0.05) is 0 Å². The summed E-state index contributed by atoms with van der Waals surface area (Å²) in [4.78, 5) is 21.6. The third-order valence-electron chi connectivity index (χ3n) is 2.16. The summed E-state index contributed by atoms with van der Waals surface area (Å²) in [6.45, 7) is 3.38. The Balaban J connectivity index is 3.68. The van der Waals surface area contributed by atoms with E-state index in [4.69, 9.17) is 5.26 Å². The second-order valence-electron chi connectivity index (χ2n) is 2.97. The van der Waals surface area contributed by atoms with Crippen LogP contribution >= 0.6 is 0 Å². The summed E-state index contributed by atoms with van der Waals surface area (Å²) in [5, 5.41) is 19.4. The van der Waals surface area contributed by atoms with Crippen LogP contribution in [0.15, 0.2) is 11.0 Å². The van der Waals surface area contributed by atoms with Crippen molar-refractivity contribution in [2.24, 2.45) is 0 Å². The van der Waals surface area contributed by atoms with Crippen LogP contribution in [0.2, 0.25) is 0 Å². The topological polar surface area (TPSA) is 88.9 Å². The summed E-state index contributed by atoms with van der Waals surface area (Å²) in [5.41, 5.74) is -0.723. The lowest BCUT2D eigenvalue weighted by atomic mass is 10.1. The molecule has 0 atom stereocenters. The Kier molecular flexibility index (Phi) is 2.85. The van der Waals surface area contributed by atoms with E-state index in [0.717, 1.165) is 4.57 Å². The zero-order valence-corrected chi connectivity index (χ0v) is 8.35. The van der Waals surface area contributed by atoms with Gasteiger partial charge < -0.3 is 4.57 Å². The second-order valence-corrected chi connectivity index (χ2v) is 2.97. The summed E-state index contributed by atoms with van der Waals surface area (Å²) in [6.07, 6.45) is 1.17. The first kappa shape index (κ1) is 10.9. The standard InChI is InChI=1S/C9H9N3O3/c1-3-11-5-8(12(14)15)6(2)7(4-10)9(11)13/h5H,3H2,1-2H3. The summed E-state index contributed by atoms with van der Waals surface area (Å²) in [7, 11) is 0. The summed E-state index contributed by atoms with van der Waals surface area (Å²) in [5.74, 6) is 0. The van der Waals surface area contributed by atoms with Crippen molar-refractivity contribution in [3.63, 3.8) is 0 Å². The summed E-state index contributed by atoms with van der Waals surface area (Å²) in [6, 6.07) is 1.70. The first-order valence-corrected chi connectivity index (χ1v) is 4.31. The molecule has 0 N–H and O–H groups in total. The van der Waals surface area contributed by atoms with Gasteiger partial charge in [-0.05, 0) is 13.8 Å². The summed E-state index contributed by atoms with van der Waals surface area (Å²) < 4.78 is 1.16. The molecular formula is C9H9N3O3. The highest BCUT2D eigenvalue weighted by molar-refractivity contribution is 5.47. The van der Waals surface area contributed by atoms with E-state index in [1.165, 1.54) is 13.1 Å². The molecule has 0 aromatic carbocycles. The number of nitriles is 1. The number of pyridine rings is 1. The Bertz CT molecular complexity index is 511. The molecule has 0 saturated carbocycles. The highest BCUT2D eigenvalue weighted by Crippen LogP contribution is 2.17. The van der Waals surface area contributed by atoms with Gasteiger partial charge in [-0.2, -0.15) is 5.26 Å². The molecule has 0 saturated heterocycles. The Hall–Kier alpha value is -2.16. The predicted molar refractivity (Wildman–Crippen MR) is 52.5 cm³/mol. The summed E-state index contributed by atoms with van der Waals surface area (Å²) >= 11 is 0.